The van der Waals surface area contributed by atoms with Crippen LogP contribution < -0.4 is 0 Å². The van der Waals surface area contributed by atoms with Gasteiger partial charge in [0.25, 0.3) is 0 Å². The summed E-state index contributed by atoms with van der Waals surface area (Å²) in [5, 5.41) is -0.0964. The van der Waals surface area contributed by atoms with Crippen LogP contribution in [0.15, 0.2) is 30.3 Å². The second-order valence-corrected chi connectivity index (χ2v) is 5.79. The van der Waals surface area contributed by atoms with E-state index in [9.17, 15) is 4.39 Å². The summed E-state index contributed by atoms with van der Waals surface area (Å²) in [5.74, 6) is -0.367. The van der Waals surface area contributed by atoms with Crippen molar-refractivity contribution in [1.82, 2.24) is 0 Å². The van der Waals surface area contributed by atoms with E-state index in [4.69, 9.17) is 34.8 Å². The van der Waals surface area contributed by atoms with Gasteiger partial charge in [-0.2, -0.15) is 0 Å². The molecule has 0 nitrogen and oxygen atoms in total. The van der Waals surface area contributed by atoms with Gasteiger partial charge in [-0.1, -0.05) is 23.2 Å². The zero-order chi connectivity index (χ0) is 11.7. The fourth-order valence-corrected chi connectivity index (χ4v) is 2.94. The molecule has 1 aromatic heterocycles. The summed E-state index contributed by atoms with van der Waals surface area (Å²) in [6.45, 7) is 0. The Morgan fingerprint density at radius 1 is 1.12 bits per heavy atom. The summed E-state index contributed by atoms with van der Waals surface area (Å²) in [6.07, 6.45) is 0. The fourth-order valence-electron chi connectivity index (χ4n) is 1.33. The standard InChI is InChI=1S/C11H6Cl3FS/c12-6-1-2-8(15)7(5-6)11(14)9-3-4-10(13)16-9/h1-5,11H. The van der Waals surface area contributed by atoms with Crippen LogP contribution in [0.2, 0.25) is 9.36 Å². The smallest absolute Gasteiger partial charge is 0.128 e. The van der Waals surface area contributed by atoms with Gasteiger partial charge in [0.15, 0.2) is 0 Å². The predicted octanol–water partition coefficient (Wildman–Crippen LogP) is 5.52. The molecule has 2 rings (SSSR count). The van der Waals surface area contributed by atoms with Crippen LogP contribution in [-0.2, 0) is 0 Å². The van der Waals surface area contributed by atoms with E-state index in [-0.39, 0.29) is 5.82 Å². The highest BCUT2D eigenvalue weighted by Crippen LogP contribution is 2.37. The molecule has 84 valence electrons. The van der Waals surface area contributed by atoms with E-state index in [0.29, 0.717) is 14.9 Å². The van der Waals surface area contributed by atoms with Crippen LogP contribution in [0.5, 0.6) is 0 Å². The Hall–Kier alpha value is -0.280. The third-order valence-corrected chi connectivity index (χ3v) is 4.21. The van der Waals surface area contributed by atoms with Crippen molar-refractivity contribution in [2.24, 2.45) is 0 Å². The molecular formula is C11H6Cl3FS. The Balaban J connectivity index is 2.40. The number of halogens is 4. The first-order valence-electron chi connectivity index (χ1n) is 4.42. The molecule has 0 aliphatic rings. The molecule has 5 heteroatoms. The average molecular weight is 296 g/mol. The van der Waals surface area contributed by atoms with E-state index in [0.717, 1.165) is 4.88 Å². The third-order valence-electron chi connectivity index (χ3n) is 2.07. The summed E-state index contributed by atoms with van der Waals surface area (Å²) >= 11 is 19.1. The van der Waals surface area contributed by atoms with Gasteiger partial charge in [0, 0.05) is 15.5 Å². The highest BCUT2D eigenvalue weighted by Gasteiger charge is 2.17. The molecule has 1 atom stereocenters. The normalized spacial score (nSPS) is 12.8. The Bertz CT molecular complexity index is 510. The largest absolute Gasteiger partial charge is 0.207 e. The van der Waals surface area contributed by atoms with Crippen molar-refractivity contribution in [2.75, 3.05) is 0 Å². The molecular weight excluding hydrogens is 290 g/mol. The molecule has 1 heterocycles. The minimum atomic E-state index is -0.559. The van der Waals surface area contributed by atoms with Crippen molar-refractivity contribution in [3.8, 4) is 0 Å². The number of hydrogen-bond donors (Lipinski definition) is 0. The van der Waals surface area contributed by atoms with Crippen LogP contribution in [0.1, 0.15) is 15.8 Å². The number of rotatable bonds is 2. The van der Waals surface area contributed by atoms with Gasteiger partial charge in [0.05, 0.1) is 9.71 Å². The number of thiophene rings is 1. The van der Waals surface area contributed by atoms with Crippen LogP contribution in [0.25, 0.3) is 0 Å². The van der Waals surface area contributed by atoms with E-state index in [1.165, 1.54) is 29.5 Å². The maximum absolute atomic E-state index is 13.5. The van der Waals surface area contributed by atoms with E-state index >= 15 is 0 Å². The quantitative estimate of drug-likeness (QED) is 0.640. The molecule has 0 saturated carbocycles. The summed E-state index contributed by atoms with van der Waals surface area (Å²) in [4.78, 5) is 0.799. The molecule has 0 bridgehead atoms. The van der Waals surface area contributed by atoms with Crippen LogP contribution >= 0.6 is 46.1 Å². The van der Waals surface area contributed by atoms with Crippen molar-refractivity contribution < 1.29 is 4.39 Å². The average Bonchev–Trinajstić information content (AvgIpc) is 2.67. The van der Waals surface area contributed by atoms with Crippen molar-refractivity contribution in [3.63, 3.8) is 0 Å². The molecule has 0 N–H and O–H groups in total. The van der Waals surface area contributed by atoms with Gasteiger partial charge in [-0.25, -0.2) is 4.39 Å². The lowest BCUT2D eigenvalue weighted by atomic mass is 10.1. The van der Waals surface area contributed by atoms with Crippen LogP contribution in [0.3, 0.4) is 0 Å². The zero-order valence-electron chi connectivity index (χ0n) is 7.88. The number of alkyl halides is 1. The summed E-state index contributed by atoms with van der Waals surface area (Å²) in [7, 11) is 0. The minimum absolute atomic E-state index is 0.367. The molecule has 16 heavy (non-hydrogen) atoms. The second-order valence-electron chi connectivity index (χ2n) is 3.17. The van der Waals surface area contributed by atoms with E-state index < -0.39 is 5.38 Å². The topological polar surface area (TPSA) is 0 Å². The lowest BCUT2D eigenvalue weighted by Gasteiger charge is -2.09. The molecule has 0 saturated heterocycles. The highest BCUT2D eigenvalue weighted by atomic mass is 35.5. The first-order chi connectivity index (χ1) is 7.58. The Kier molecular flexibility index (Phi) is 3.75. The predicted molar refractivity (Wildman–Crippen MR) is 68.4 cm³/mol. The molecule has 1 aromatic carbocycles. The minimum Gasteiger partial charge on any atom is -0.207 e. The first kappa shape index (κ1) is 12.2. The van der Waals surface area contributed by atoms with Crippen molar-refractivity contribution in [1.29, 1.82) is 0 Å². The van der Waals surface area contributed by atoms with Crippen LogP contribution in [-0.4, -0.2) is 0 Å². The van der Waals surface area contributed by atoms with E-state index in [1.807, 2.05) is 0 Å². The molecule has 2 aromatic rings. The summed E-state index contributed by atoms with van der Waals surface area (Å²) in [5.41, 5.74) is 0.368. The molecule has 0 aliphatic heterocycles. The lowest BCUT2D eigenvalue weighted by molar-refractivity contribution is 0.613. The summed E-state index contributed by atoms with van der Waals surface area (Å²) < 4.78 is 14.2. The second kappa shape index (κ2) is 4.92. The molecule has 0 radical (unpaired) electrons. The van der Waals surface area contributed by atoms with Crippen molar-refractivity contribution in [2.45, 2.75) is 5.38 Å². The monoisotopic (exact) mass is 294 g/mol. The Labute approximate surface area is 112 Å². The Morgan fingerprint density at radius 3 is 2.50 bits per heavy atom. The van der Waals surface area contributed by atoms with Crippen molar-refractivity contribution in [3.05, 3.63) is 55.9 Å². The van der Waals surface area contributed by atoms with E-state index in [1.54, 1.807) is 12.1 Å². The van der Waals surface area contributed by atoms with Gasteiger partial charge in [-0.05, 0) is 30.3 Å². The van der Waals surface area contributed by atoms with Gasteiger partial charge < -0.3 is 0 Å². The van der Waals surface area contributed by atoms with Crippen LogP contribution in [0, 0.1) is 5.82 Å². The fraction of sp³-hybridized carbons (Fsp3) is 0.0909. The third kappa shape index (κ3) is 2.51. The molecule has 0 spiro atoms. The number of benzene rings is 1. The lowest BCUT2D eigenvalue weighted by Crippen LogP contribution is -1.94. The number of hydrogen-bond acceptors (Lipinski definition) is 1. The zero-order valence-corrected chi connectivity index (χ0v) is 11.0. The SMILES string of the molecule is Fc1ccc(Cl)cc1C(Cl)c1ccc(Cl)s1. The molecule has 0 amide bonds. The van der Waals surface area contributed by atoms with Gasteiger partial charge in [0.1, 0.15) is 5.82 Å². The molecule has 1 unspecified atom stereocenters. The van der Waals surface area contributed by atoms with Crippen molar-refractivity contribution >= 4 is 46.1 Å². The van der Waals surface area contributed by atoms with Gasteiger partial charge in [0.2, 0.25) is 0 Å². The van der Waals surface area contributed by atoms with Gasteiger partial charge in [-0.15, -0.1) is 22.9 Å². The van der Waals surface area contributed by atoms with Gasteiger partial charge in [-0.3, -0.25) is 0 Å². The summed E-state index contributed by atoms with van der Waals surface area (Å²) in [6, 6.07) is 7.85. The highest BCUT2D eigenvalue weighted by molar-refractivity contribution is 7.16. The first-order valence-corrected chi connectivity index (χ1v) is 6.43. The maximum Gasteiger partial charge on any atom is 0.128 e. The maximum atomic E-state index is 13.5. The molecule has 0 aliphatic carbocycles. The Morgan fingerprint density at radius 2 is 1.88 bits per heavy atom. The van der Waals surface area contributed by atoms with E-state index in [2.05, 4.69) is 0 Å². The molecule has 0 fully saturated rings. The van der Waals surface area contributed by atoms with Crippen LogP contribution in [0.4, 0.5) is 4.39 Å². The van der Waals surface area contributed by atoms with Gasteiger partial charge >= 0.3 is 0 Å².